The molecule has 1 amide bonds. The van der Waals surface area contributed by atoms with Crippen molar-refractivity contribution in [3.05, 3.63) is 77.9 Å². The van der Waals surface area contributed by atoms with Gasteiger partial charge in [-0.3, -0.25) is 9.10 Å². The summed E-state index contributed by atoms with van der Waals surface area (Å²) in [5.41, 5.74) is 0.188. The molecule has 10 heteroatoms. The summed E-state index contributed by atoms with van der Waals surface area (Å²) in [6.45, 7) is 0. The largest absolute Gasteiger partial charge is 0.495 e. The van der Waals surface area contributed by atoms with Gasteiger partial charge in [-0.2, -0.15) is 0 Å². The summed E-state index contributed by atoms with van der Waals surface area (Å²) in [4.78, 5) is 13.8. The highest BCUT2D eigenvalue weighted by molar-refractivity contribution is 7.92. The van der Waals surface area contributed by atoms with Crippen molar-refractivity contribution in [2.24, 2.45) is 0 Å². The third-order valence-corrected chi connectivity index (χ3v) is 6.71. The van der Waals surface area contributed by atoms with Crippen molar-refractivity contribution >= 4 is 33.0 Å². The van der Waals surface area contributed by atoms with Crippen LogP contribution < -0.4 is 19.3 Å². The van der Waals surface area contributed by atoms with E-state index in [-0.39, 0.29) is 21.8 Å². The Hall–Kier alpha value is -3.66. The number of carbonyl (C=O) groups is 1. The Morgan fingerprint density at radius 3 is 2.06 bits per heavy atom. The van der Waals surface area contributed by atoms with Crippen LogP contribution in [0.15, 0.2) is 65.6 Å². The molecule has 174 valence electrons. The van der Waals surface area contributed by atoms with Gasteiger partial charge in [0.25, 0.3) is 15.9 Å². The van der Waals surface area contributed by atoms with Gasteiger partial charge in [0.2, 0.25) is 0 Å². The number of rotatable bonds is 7. The first-order valence-electron chi connectivity index (χ1n) is 9.76. The van der Waals surface area contributed by atoms with Gasteiger partial charge in [0.05, 0.1) is 17.7 Å². The number of halogens is 2. The van der Waals surface area contributed by atoms with Crippen molar-refractivity contribution in [1.29, 1.82) is 0 Å². The summed E-state index contributed by atoms with van der Waals surface area (Å²) in [7, 11) is 1.91. The monoisotopic (exact) mass is 475 g/mol. The van der Waals surface area contributed by atoms with Gasteiger partial charge in [-0.15, -0.1) is 0 Å². The van der Waals surface area contributed by atoms with Crippen LogP contribution in [0.25, 0.3) is 0 Å². The molecule has 0 aliphatic carbocycles. The lowest BCUT2D eigenvalue weighted by Gasteiger charge is -2.21. The number of nitrogens with zero attached hydrogens (tertiary/aromatic N) is 2. The number of nitrogens with one attached hydrogen (secondary N) is 1. The van der Waals surface area contributed by atoms with E-state index in [2.05, 4.69) is 5.32 Å². The maximum atomic E-state index is 14.2. The van der Waals surface area contributed by atoms with Gasteiger partial charge in [0.1, 0.15) is 11.4 Å². The minimum Gasteiger partial charge on any atom is -0.495 e. The predicted octanol–water partition coefficient (Wildman–Crippen LogP) is 4.12. The smallest absolute Gasteiger partial charge is 0.264 e. The molecule has 0 saturated carbocycles. The first-order chi connectivity index (χ1) is 15.6. The molecule has 0 aliphatic rings. The number of anilines is 3. The van der Waals surface area contributed by atoms with E-state index < -0.39 is 27.6 Å². The Morgan fingerprint density at radius 2 is 1.52 bits per heavy atom. The maximum absolute atomic E-state index is 14.2. The van der Waals surface area contributed by atoms with Crippen molar-refractivity contribution < 1.29 is 26.7 Å². The van der Waals surface area contributed by atoms with Crippen LogP contribution in [0.3, 0.4) is 0 Å². The Bertz CT molecular complexity index is 1260. The summed E-state index contributed by atoms with van der Waals surface area (Å²) in [5, 5.41) is 2.41. The van der Waals surface area contributed by atoms with Gasteiger partial charge < -0.3 is 15.0 Å². The van der Waals surface area contributed by atoms with Crippen LogP contribution in [0.5, 0.6) is 5.75 Å². The summed E-state index contributed by atoms with van der Waals surface area (Å²) in [6, 6.07) is 13.9. The van der Waals surface area contributed by atoms with E-state index in [4.69, 9.17) is 4.74 Å². The number of methoxy groups -OCH3 is 1. The van der Waals surface area contributed by atoms with Crippen LogP contribution in [-0.2, 0) is 10.0 Å². The number of hydrogen-bond acceptors (Lipinski definition) is 5. The van der Waals surface area contributed by atoms with Gasteiger partial charge in [-0.1, -0.05) is 12.1 Å². The van der Waals surface area contributed by atoms with Crippen LogP contribution >= 0.6 is 0 Å². The molecule has 1 N–H and O–H groups in total. The second-order valence-corrected chi connectivity index (χ2v) is 9.28. The zero-order valence-corrected chi connectivity index (χ0v) is 19.3. The molecule has 0 atom stereocenters. The van der Waals surface area contributed by atoms with E-state index in [9.17, 15) is 22.0 Å². The lowest BCUT2D eigenvalue weighted by molar-refractivity contribution is 0.102. The summed E-state index contributed by atoms with van der Waals surface area (Å²) in [6.07, 6.45) is 0. The van der Waals surface area contributed by atoms with Crippen molar-refractivity contribution in [1.82, 2.24) is 0 Å². The normalized spacial score (nSPS) is 11.1. The second kappa shape index (κ2) is 9.45. The lowest BCUT2D eigenvalue weighted by atomic mass is 10.2. The van der Waals surface area contributed by atoms with Gasteiger partial charge in [-0.05, 0) is 48.5 Å². The van der Waals surface area contributed by atoms with Crippen LogP contribution in [-0.4, -0.2) is 42.6 Å². The molecule has 0 aromatic heterocycles. The van der Waals surface area contributed by atoms with Crippen molar-refractivity contribution in [3.8, 4) is 5.75 Å². The van der Waals surface area contributed by atoms with E-state index in [1.807, 2.05) is 0 Å². The Kier molecular flexibility index (Phi) is 6.87. The van der Waals surface area contributed by atoms with Crippen molar-refractivity contribution in [2.45, 2.75) is 4.90 Å². The number of sulfonamides is 1. The fraction of sp³-hybridized carbons (Fsp3) is 0.174. The lowest BCUT2D eigenvalue weighted by Crippen LogP contribution is -2.27. The van der Waals surface area contributed by atoms with Crippen molar-refractivity contribution in [3.63, 3.8) is 0 Å². The third kappa shape index (κ3) is 4.90. The van der Waals surface area contributed by atoms with E-state index >= 15 is 0 Å². The fourth-order valence-corrected chi connectivity index (χ4v) is 4.43. The molecule has 0 unspecified atom stereocenters. The Labute approximate surface area is 191 Å². The van der Waals surface area contributed by atoms with Gasteiger partial charge in [-0.25, -0.2) is 17.2 Å². The summed E-state index contributed by atoms with van der Waals surface area (Å²) >= 11 is 0. The summed E-state index contributed by atoms with van der Waals surface area (Å²) < 4.78 is 60.7. The first-order valence-corrected chi connectivity index (χ1v) is 11.2. The van der Waals surface area contributed by atoms with Crippen molar-refractivity contribution in [2.75, 3.05) is 42.8 Å². The number of para-hydroxylation sites is 2. The number of amides is 1. The summed E-state index contributed by atoms with van der Waals surface area (Å²) in [5.74, 6) is -1.90. The molecule has 3 aromatic carbocycles. The van der Waals surface area contributed by atoms with Gasteiger partial charge in [0.15, 0.2) is 11.6 Å². The van der Waals surface area contributed by atoms with Crippen LogP contribution in [0, 0.1) is 11.6 Å². The third-order valence-electron chi connectivity index (χ3n) is 4.92. The van der Waals surface area contributed by atoms with E-state index in [0.29, 0.717) is 11.4 Å². The zero-order chi connectivity index (χ0) is 24.3. The fourth-order valence-electron chi connectivity index (χ4n) is 3.22. The Morgan fingerprint density at radius 1 is 0.939 bits per heavy atom. The molecule has 0 heterocycles. The van der Waals surface area contributed by atoms with Crippen LogP contribution in [0.2, 0.25) is 0 Å². The molecular formula is C23H23F2N3O4S. The van der Waals surface area contributed by atoms with E-state index in [1.165, 1.54) is 57.4 Å². The first kappa shape index (κ1) is 24.0. The highest BCUT2D eigenvalue weighted by Gasteiger charge is 2.24. The molecule has 3 rings (SSSR count). The molecule has 0 spiro atoms. The molecule has 0 aliphatic heterocycles. The van der Waals surface area contributed by atoms with Gasteiger partial charge >= 0.3 is 0 Å². The highest BCUT2D eigenvalue weighted by Crippen LogP contribution is 2.31. The van der Waals surface area contributed by atoms with Gasteiger partial charge in [0, 0.05) is 32.4 Å². The zero-order valence-electron chi connectivity index (χ0n) is 18.5. The van der Waals surface area contributed by atoms with E-state index in [1.54, 1.807) is 24.3 Å². The standard InChI is InChI=1S/C23H23F2N3O4S/c1-27(2)22-18(24)13-16(14-19(22)25)26-23(29)15-9-11-17(12-10-15)33(30,31)28(3)20-7-5-6-8-21(20)32-4/h5-14H,1-4H3,(H,26,29). The average molecular weight is 476 g/mol. The molecular weight excluding hydrogens is 452 g/mol. The molecule has 0 bridgehead atoms. The molecule has 33 heavy (non-hydrogen) atoms. The quantitative estimate of drug-likeness (QED) is 0.556. The second-order valence-electron chi connectivity index (χ2n) is 7.31. The molecule has 3 aromatic rings. The molecule has 0 fully saturated rings. The highest BCUT2D eigenvalue weighted by atomic mass is 32.2. The number of hydrogen-bond donors (Lipinski definition) is 1. The molecule has 0 saturated heterocycles. The number of ether oxygens (including phenoxy) is 1. The van der Waals surface area contributed by atoms with Crippen LogP contribution in [0.4, 0.5) is 25.8 Å². The number of benzene rings is 3. The molecule has 7 nitrogen and oxygen atoms in total. The average Bonchev–Trinajstić information content (AvgIpc) is 2.77. The number of carbonyl (C=O) groups excluding carboxylic acids is 1. The maximum Gasteiger partial charge on any atom is 0.264 e. The minimum atomic E-state index is -3.93. The molecule has 0 radical (unpaired) electrons. The van der Waals surface area contributed by atoms with Crippen LogP contribution in [0.1, 0.15) is 10.4 Å². The predicted molar refractivity (Wildman–Crippen MR) is 124 cm³/mol. The SMILES string of the molecule is COc1ccccc1N(C)S(=O)(=O)c1ccc(C(=O)Nc2cc(F)c(N(C)C)c(F)c2)cc1. The topological polar surface area (TPSA) is 78.9 Å². The Balaban J connectivity index is 1.82. The van der Waals surface area contributed by atoms with E-state index in [0.717, 1.165) is 16.4 Å². The minimum absolute atomic E-state index is 0.0418.